The minimum absolute atomic E-state index is 0.208. The van der Waals surface area contributed by atoms with E-state index < -0.39 is 11.6 Å². The summed E-state index contributed by atoms with van der Waals surface area (Å²) in [6.07, 6.45) is 2.30. The molecule has 4 heteroatoms. The highest BCUT2D eigenvalue weighted by Crippen LogP contribution is 2.10. The van der Waals surface area contributed by atoms with Crippen molar-refractivity contribution < 1.29 is 14.3 Å². The van der Waals surface area contributed by atoms with E-state index >= 15 is 0 Å². The number of hydrogen-bond donors (Lipinski definition) is 1. The lowest BCUT2D eigenvalue weighted by Crippen LogP contribution is -2.31. The largest absolute Gasteiger partial charge is 0.455 e. The normalized spacial score (nSPS) is 12.2. The van der Waals surface area contributed by atoms with Crippen LogP contribution in [-0.4, -0.2) is 17.5 Å². The summed E-state index contributed by atoms with van der Waals surface area (Å²) in [6.45, 7) is 8.58. The van der Waals surface area contributed by atoms with Gasteiger partial charge < -0.3 is 10.1 Å². The van der Waals surface area contributed by atoms with E-state index in [0.717, 1.165) is 0 Å². The van der Waals surface area contributed by atoms with Gasteiger partial charge in [0.15, 0.2) is 0 Å². The van der Waals surface area contributed by atoms with Crippen molar-refractivity contribution in [3.8, 4) is 0 Å². The van der Waals surface area contributed by atoms with Crippen molar-refractivity contribution in [3.05, 3.63) is 11.8 Å². The maximum Gasteiger partial charge on any atom is 0.355 e. The summed E-state index contributed by atoms with van der Waals surface area (Å²) in [6, 6.07) is 0. The maximum absolute atomic E-state index is 11.6. The molecule has 0 saturated heterocycles. The molecule has 0 spiro atoms. The first-order valence-corrected chi connectivity index (χ1v) is 4.97. The van der Waals surface area contributed by atoms with E-state index in [0.29, 0.717) is 6.42 Å². The second kappa shape index (κ2) is 5.53. The van der Waals surface area contributed by atoms with Gasteiger partial charge in [-0.25, -0.2) is 4.79 Å². The fourth-order valence-electron chi connectivity index (χ4n) is 0.912. The molecule has 0 aliphatic heterocycles. The molecule has 0 aromatic heterocycles. The second-order valence-electron chi connectivity index (χ2n) is 4.21. The number of allylic oxidation sites excluding steroid dienone is 1. The van der Waals surface area contributed by atoms with Gasteiger partial charge in [0.25, 0.3) is 0 Å². The van der Waals surface area contributed by atoms with Crippen molar-refractivity contribution in [2.75, 3.05) is 0 Å². The minimum Gasteiger partial charge on any atom is -0.455 e. The number of nitrogens with one attached hydrogen (secondary N) is 1. The van der Waals surface area contributed by atoms with Crippen molar-refractivity contribution in [2.24, 2.45) is 0 Å². The predicted octanol–water partition coefficient (Wildman–Crippen LogP) is 1.76. The zero-order valence-corrected chi connectivity index (χ0v) is 10.0. The van der Waals surface area contributed by atoms with Crippen LogP contribution in [0.2, 0.25) is 0 Å². The molecule has 1 N–H and O–H groups in total. The molecule has 0 radical (unpaired) electrons. The molecule has 0 unspecified atom stereocenters. The van der Waals surface area contributed by atoms with E-state index in [-0.39, 0.29) is 11.6 Å². The van der Waals surface area contributed by atoms with Crippen LogP contribution in [0, 0.1) is 0 Å². The number of carbonyl (C=O) groups is 2. The summed E-state index contributed by atoms with van der Waals surface area (Å²) in [5, 5.41) is 2.45. The fourth-order valence-corrected chi connectivity index (χ4v) is 0.912. The Morgan fingerprint density at radius 3 is 2.20 bits per heavy atom. The fraction of sp³-hybridized carbons (Fsp3) is 0.636. The molecule has 0 fully saturated rings. The predicted molar refractivity (Wildman–Crippen MR) is 58.0 cm³/mol. The van der Waals surface area contributed by atoms with Crippen LogP contribution in [0.5, 0.6) is 0 Å². The summed E-state index contributed by atoms with van der Waals surface area (Å²) >= 11 is 0. The number of carbonyl (C=O) groups excluding carboxylic acids is 2. The van der Waals surface area contributed by atoms with Crippen molar-refractivity contribution in [1.82, 2.24) is 5.32 Å². The summed E-state index contributed by atoms with van der Waals surface area (Å²) in [5.41, 5.74) is -0.345. The summed E-state index contributed by atoms with van der Waals surface area (Å²) < 4.78 is 5.13. The van der Waals surface area contributed by atoms with E-state index in [1.807, 2.05) is 6.92 Å². The van der Waals surface area contributed by atoms with E-state index in [4.69, 9.17) is 4.74 Å². The highest BCUT2D eigenvalue weighted by Gasteiger charge is 2.20. The first-order chi connectivity index (χ1) is 6.76. The van der Waals surface area contributed by atoms with Crippen molar-refractivity contribution >= 4 is 11.9 Å². The van der Waals surface area contributed by atoms with Crippen LogP contribution in [0.1, 0.15) is 41.0 Å². The van der Waals surface area contributed by atoms with Crippen molar-refractivity contribution in [2.45, 2.75) is 46.6 Å². The number of hydrogen-bond acceptors (Lipinski definition) is 3. The second-order valence-corrected chi connectivity index (χ2v) is 4.21. The number of ether oxygens (including phenoxy) is 1. The van der Waals surface area contributed by atoms with Gasteiger partial charge in [0, 0.05) is 6.92 Å². The van der Waals surface area contributed by atoms with E-state index in [1.54, 1.807) is 26.8 Å². The average Bonchev–Trinajstić information content (AvgIpc) is 1.99. The van der Waals surface area contributed by atoms with Gasteiger partial charge in [0.1, 0.15) is 11.3 Å². The van der Waals surface area contributed by atoms with Gasteiger partial charge in [-0.2, -0.15) is 0 Å². The first-order valence-electron chi connectivity index (χ1n) is 4.97. The summed E-state index contributed by atoms with van der Waals surface area (Å²) in [5.74, 6) is -0.778. The molecule has 0 aromatic rings. The zero-order chi connectivity index (χ0) is 12.1. The molecule has 15 heavy (non-hydrogen) atoms. The number of amides is 1. The third-order valence-corrected chi connectivity index (χ3v) is 1.34. The SMILES string of the molecule is CC/C=C(\NC(C)=O)C(=O)OC(C)(C)C. The molecule has 86 valence electrons. The Kier molecular flexibility index (Phi) is 5.05. The lowest BCUT2D eigenvalue weighted by molar-refractivity contribution is -0.151. The molecule has 0 heterocycles. The summed E-state index contributed by atoms with van der Waals surface area (Å²) in [4.78, 5) is 22.4. The Morgan fingerprint density at radius 2 is 1.87 bits per heavy atom. The molecule has 0 rings (SSSR count). The Labute approximate surface area is 90.7 Å². The molecule has 0 bridgehead atoms. The zero-order valence-electron chi connectivity index (χ0n) is 10.0. The lowest BCUT2D eigenvalue weighted by Gasteiger charge is -2.20. The van der Waals surface area contributed by atoms with Crippen LogP contribution in [0.25, 0.3) is 0 Å². The number of rotatable bonds is 3. The van der Waals surface area contributed by atoms with Gasteiger partial charge in [-0.1, -0.05) is 13.0 Å². The molecule has 0 aliphatic rings. The first kappa shape index (κ1) is 13.7. The van der Waals surface area contributed by atoms with Crippen LogP contribution >= 0.6 is 0 Å². The van der Waals surface area contributed by atoms with Crippen LogP contribution in [0.4, 0.5) is 0 Å². The maximum atomic E-state index is 11.6. The Balaban J connectivity index is 4.58. The van der Waals surface area contributed by atoms with Crippen LogP contribution < -0.4 is 5.32 Å². The average molecular weight is 213 g/mol. The minimum atomic E-state index is -0.553. The smallest absolute Gasteiger partial charge is 0.355 e. The van der Waals surface area contributed by atoms with Crippen LogP contribution in [-0.2, 0) is 14.3 Å². The Bertz CT molecular complexity index is 274. The molecular weight excluding hydrogens is 194 g/mol. The van der Waals surface area contributed by atoms with Crippen LogP contribution in [0.15, 0.2) is 11.8 Å². The Morgan fingerprint density at radius 1 is 1.33 bits per heavy atom. The van der Waals surface area contributed by atoms with Crippen LogP contribution in [0.3, 0.4) is 0 Å². The summed E-state index contributed by atoms with van der Waals surface area (Å²) in [7, 11) is 0. The van der Waals surface area contributed by atoms with Gasteiger partial charge >= 0.3 is 5.97 Å². The Hall–Kier alpha value is -1.32. The van der Waals surface area contributed by atoms with Gasteiger partial charge in [0.2, 0.25) is 5.91 Å². The molecule has 0 saturated carbocycles. The molecule has 0 atom stereocenters. The van der Waals surface area contributed by atoms with Gasteiger partial charge in [0.05, 0.1) is 0 Å². The molecule has 1 amide bonds. The quantitative estimate of drug-likeness (QED) is 0.574. The molecule has 0 aliphatic carbocycles. The molecule has 0 aromatic carbocycles. The molecule has 4 nitrogen and oxygen atoms in total. The van der Waals surface area contributed by atoms with Gasteiger partial charge in [-0.3, -0.25) is 4.79 Å². The van der Waals surface area contributed by atoms with E-state index in [9.17, 15) is 9.59 Å². The van der Waals surface area contributed by atoms with Crippen molar-refractivity contribution in [3.63, 3.8) is 0 Å². The third kappa shape index (κ3) is 6.71. The van der Waals surface area contributed by atoms with E-state index in [1.165, 1.54) is 6.92 Å². The third-order valence-electron chi connectivity index (χ3n) is 1.34. The molecular formula is C11H19NO3. The topological polar surface area (TPSA) is 55.4 Å². The van der Waals surface area contributed by atoms with Crippen molar-refractivity contribution in [1.29, 1.82) is 0 Å². The van der Waals surface area contributed by atoms with E-state index in [2.05, 4.69) is 5.32 Å². The number of esters is 1. The highest BCUT2D eigenvalue weighted by molar-refractivity contribution is 5.93. The van der Waals surface area contributed by atoms with Gasteiger partial charge in [-0.15, -0.1) is 0 Å². The standard InChI is InChI=1S/C11H19NO3/c1-6-7-9(12-8(2)13)10(14)15-11(3,4)5/h7H,6H2,1-5H3,(H,12,13)/b9-7-. The monoisotopic (exact) mass is 213 g/mol. The highest BCUT2D eigenvalue weighted by atomic mass is 16.6. The van der Waals surface area contributed by atoms with Gasteiger partial charge in [-0.05, 0) is 27.2 Å². The lowest BCUT2D eigenvalue weighted by atomic mass is 10.2.